The summed E-state index contributed by atoms with van der Waals surface area (Å²) in [5.74, 6) is 0.994. The van der Waals surface area contributed by atoms with Crippen LogP contribution >= 0.6 is 0 Å². The van der Waals surface area contributed by atoms with Crippen molar-refractivity contribution in [3.63, 3.8) is 0 Å². The highest BCUT2D eigenvalue weighted by Crippen LogP contribution is 2.34. The first kappa shape index (κ1) is 14.4. The van der Waals surface area contributed by atoms with Gasteiger partial charge in [-0.2, -0.15) is 5.10 Å². The fourth-order valence-corrected chi connectivity index (χ4v) is 2.89. The molecule has 1 aromatic carbocycles. The zero-order valence-electron chi connectivity index (χ0n) is 12.9. The van der Waals surface area contributed by atoms with Crippen molar-refractivity contribution < 1.29 is 9.53 Å². The zero-order valence-corrected chi connectivity index (χ0v) is 12.9. The molecule has 1 amide bonds. The van der Waals surface area contributed by atoms with Gasteiger partial charge in [-0.05, 0) is 24.6 Å². The van der Waals surface area contributed by atoms with Crippen molar-refractivity contribution in [1.82, 2.24) is 15.2 Å². The van der Waals surface area contributed by atoms with Crippen LogP contribution in [-0.4, -0.2) is 27.7 Å². The lowest BCUT2D eigenvalue weighted by Gasteiger charge is -2.24. The molecule has 3 heterocycles. The molecule has 2 N–H and O–H groups in total. The Labute approximate surface area is 138 Å². The van der Waals surface area contributed by atoms with Gasteiger partial charge >= 0.3 is 0 Å². The third-order valence-corrected chi connectivity index (χ3v) is 4.10. The molecule has 0 bridgehead atoms. The van der Waals surface area contributed by atoms with E-state index < -0.39 is 0 Å². The molecule has 4 rings (SSSR count). The molecule has 0 aliphatic carbocycles. The maximum absolute atomic E-state index is 12.6. The Morgan fingerprint density at radius 1 is 1.21 bits per heavy atom. The number of carbonyl (C=O) groups excluding carboxylic acids is 1. The molecule has 1 aliphatic heterocycles. The topological polar surface area (TPSA) is 79.9 Å². The Balaban J connectivity index is 1.53. The summed E-state index contributed by atoms with van der Waals surface area (Å²) in [5.41, 5.74) is 2.72. The lowest BCUT2D eigenvalue weighted by atomic mass is 9.92. The van der Waals surface area contributed by atoms with Crippen LogP contribution in [0, 0.1) is 0 Å². The minimum atomic E-state index is -0.226. The van der Waals surface area contributed by atoms with Crippen LogP contribution in [0.2, 0.25) is 0 Å². The van der Waals surface area contributed by atoms with E-state index in [0.717, 1.165) is 22.6 Å². The first-order valence-corrected chi connectivity index (χ1v) is 7.79. The number of carbonyl (C=O) groups is 1. The van der Waals surface area contributed by atoms with Crippen LogP contribution in [0.5, 0.6) is 5.75 Å². The Morgan fingerprint density at radius 2 is 2.04 bits per heavy atom. The van der Waals surface area contributed by atoms with Gasteiger partial charge in [0, 0.05) is 29.6 Å². The van der Waals surface area contributed by atoms with Crippen molar-refractivity contribution in [1.29, 1.82) is 0 Å². The number of nitrogens with zero attached hydrogens (tertiary/aromatic N) is 2. The van der Waals surface area contributed by atoms with Gasteiger partial charge in [-0.3, -0.25) is 14.9 Å². The predicted molar refractivity (Wildman–Crippen MR) is 89.7 cm³/mol. The number of para-hydroxylation sites is 1. The third-order valence-electron chi connectivity index (χ3n) is 4.10. The number of anilines is 1. The Bertz CT molecular complexity index is 860. The van der Waals surface area contributed by atoms with Crippen LogP contribution in [0.3, 0.4) is 0 Å². The van der Waals surface area contributed by atoms with Crippen LogP contribution in [0.1, 0.15) is 17.9 Å². The average Bonchev–Trinajstić information content (AvgIpc) is 3.10. The van der Waals surface area contributed by atoms with Crippen molar-refractivity contribution in [3.05, 3.63) is 60.4 Å². The maximum Gasteiger partial charge on any atom is 0.233 e. The Kier molecular flexibility index (Phi) is 3.70. The van der Waals surface area contributed by atoms with Gasteiger partial charge in [0.2, 0.25) is 5.91 Å². The SMILES string of the molecule is O=C(Nc1cc(-c2ccncc2)[nH]n1)C1CCOc2ccccc21. The van der Waals surface area contributed by atoms with E-state index in [2.05, 4.69) is 20.5 Å². The first-order valence-electron chi connectivity index (χ1n) is 7.79. The minimum absolute atomic E-state index is 0.0708. The van der Waals surface area contributed by atoms with Crippen LogP contribution in [0.25, 0.3) is 11.3 Å². The summed E-state index contributed by atoms with van der Waals surface area (Å²) < 4.78 is 5.61. The minimum Gasteiger partial charge on any atom is -0.493 e. The molecule has 6 nitrogen and oxygen atoms in total. The van der Waals surface area contributed by atoms with E-state index in [0.29, 0.717) is 18.8 Å². The highest BCUT2D eigenvalue weighted by atomic mass is 16.5. The number of benzene rings is 1. The highest BCUT2D eigenvalue weighted by Gasteiger charge is 2.27. The molecule has 2 aromatic heterocycles. The molecule has 120 valence electrons. The second kappa shape index (κ2) is 6.16. The van der Waals surface area contributed by atoms with E-state index in [4.69, 9.17) is 4.74 Å². The van der Waals surface area contributed by atoms with Gasteiger partial charge in [0.15, 0.2) is 5.82 Å². The number of amides is 1. The summed E-state index contributed by atoms with van der Waals surface area (Å²) in [6.45, 7) is 0.540. The van der Waals surface area contributed by atoms with Gasteiger partial charge in [-0.15, -0.1) is 0 Å². The molecule has 0 fully saturated rings. The van der Waals surface area contributed by atoms with Gasteiger partial charge in [0.05, 0.1) is 18.2 Å². The molecule has 0 saturated heterocycles. The zero-order chi connectivity index (χ0) is 16.4. The fraction of sp³-hybridized carbons (Fsp3) is 0.167. The van der Waals surface area contributed by atoms with Gasteiger partial charge in [-0.1, -0.05) is 18.2 Å². The molecule has 3 aromatic rings. The summed E-state index contributed by atoms with van der Waals surface area (Å²) >= 11 is 0. The van der Waals surface area contributed by atoms with Gasteiger partial charge < -0.3 is 10.1 Å². The molecular formula is C18H16N4O2. The van der Waals surface area contributed by atoms with Crippen LogP contribution in [0.15, 0.2) is 54.9 Å². The van der Waals surface area contributed by atoms with E-state index >= 15 is 0 Å². The number of nitrogens with one attached hydrogen (secondary N) is 2. The standard InChI is InChI=1S/C18H16N4O2/c23-18(14-7-10-24-16-4-2-1-3-13(14)16)20-17-11-15(21-22-17)12-5-8-19-9-6-12/h1-6,8-9,11,14H,7,10H2,(H2,20,21,22,23). The number of hydrogen-bond acceptors (Lipinski definition) is 4. The van der Waals surface area contributed by atoms with E-state index in [1.807, 2.05) is 42.5 Å². The fourth-order valence-electron chi connectivity index (χ4n) is 2.89. The van der Waals surface area contributed by atoms with Crippen molar-refractivity contribution in [2.24, 2.45) is 0 Å². The number of ether oxygens (including phenoxy) is 1. The Hall–Kier alpha value is -3.15. The summed E-state index contributed by atoms with van der Waals surface area (Å²) in [5, 5.41) is 10.00. The van der Waals surface area contributed by atoms with Crippen molar-refractivity contribution in [3.8, 4) is 17.0 Å². The Morgan fingerprint density at radius 3 is 2.92 bits per heavy atom. The summed E-state index contributed by atoms with van der Waals surface area (Å²) in [6, 6.07) is 13.2. The highest BCUT2D eigenvalue weighted by molar-refractivity contribution is 5.96. The maximum atomic E-state index is 12.6. The second-order valence-corrected chi connectivity index (χ2v) is 5.62. The number of pyridine rings is 1. The molecular weight excluding hydrogens is 304 g/mol. The second-order valence-electron chi connectivity index (χ2n) is 5.62. The van der Waals surface area contributed by atoms with Gasteiger partial charge in [0.1, 0.15) is 5.75 Å². The van der Waals surface area contributed by atoms with Crippen molar-refractivity contribution in [2.45, 2.75) is 12.3 Å². The number of aromatic amines is 1. The average molecular weight is 320 g/mol. The first-order chi connectivity index (χ1) is 11.8. The molecule has 24 heavy (non-hydrogen) atoms. The van der Waals surface area contributed by atoms with E-state index in [-0.39, 0.29) is 11.8 Å². The number of fused-ring (bicyclic) bond motifs is 1. The number of H-pyrrole nitrogens is 1. The van der Waals surface area contributed by atoms with E-state index in [9.17, 15) is 4.79 Å². The molecule has 1 aliphatic rings. The summed E-state index contributed by atoms with van der Waals surface area (Å²) in [6.07, 6.45) is 4.09. The normalized spacial score (nSPS) is 16.1. The van der Waals surface area contributed by atoms with Crippen molar-refractivity contribution in [2.75, 3.05) is 11.9 Å². The molecule has 0 spiro atoms. The lowest BCUT2D eigenvalue weighted by Crippen LogP contribution is -2.26. The van der Waals surface area contributed by atoms with Gasteiger partial charge in [-0.25, -0.2) is 0 Å². The van der Waals surface area contributed by atoms with E-state index in [1.54, 1.807) is 12.4 Å². The molecule has 6 heteroatoms. The van der Waals surface area contributed by atoms with E-state index in [1.165, 1.54) is 0 Å². The summed E-state index contributed by atoms with van der Waals surface area (Å²) in [7, 11) is 0. The quantitative estimate of drug-likeness (QED) is 0.777. The molecule has 0 radical (unpaired) electrons. The van der Waals surface area contributed by atoms with Crippen LogP contribution < -0.4 is 10.1 Å². The molecule has 1 atom stereocenters. The monoisotopic (exact) mass is 320 g/mol. The molecule has 0 saturated carbocycles. The largest absolute Gasteiger partial charge is 0.493 e. The third kappa shape index (κ3) is 2.74. The smallest absolute Gasteiger partial charge is 0.233 e. The van der Waals surface area contributed by atoms with Crippen LogP contribution in [0.4, 0.5) is 5.82 Å². The number of hydrogen-bond donors (Lipinski definition) is 2. The predicted octanol–water partition coefficient (Wildman–Crippen LogP) is 2.98. The van der Waals surface area contributed by atoms with Gasteiger partial charge in [0.25, 0.3) is 0 Å². The number of rotatable bonds is 3. The molecule has 1 unspecified atom stereocenters. The van der Waals surface area contributed by atoms with Crippen molar-refractivity contribution >= 4 is 11.7 Å². The lowest BCUT2D eigenvalue weighted by molar-refractivity contribution is -0.118. The summed E-state index contributed by atoms with van der Waals surface area (Å²) in [4.78, 5) is 16.6. The number of aromatic nitrogens is 3. The van der Waals surface area contributed by atoms with Crippen LogP contribution in [-0.2, 0) is 4.79 Å².